The largest absolute Gasteiger partial charge is 0.478 e. The maximum Gasteiger partial charge on any atom is 0.337 e. The molecule has 0 saturated carbocycles. The Morgan fingerprint density at radius 1 is 1.06 bits per heavy atom. The third kappa shape index (κ3) is 5.08. The second kappa shape index (κ2) is 9.27. The molecule has 11 heteroatoms. The van der Waals surface area contributed by atoms with Gasteiger partial charge in [0.05, 0.1) is 28.1 Å². The van der Waals surface area contributed by atoms with E-state index in [2.05, 4.69) is 15.2 Å². The Bertz CT molecular complexity index is 1320. The zero-order valence-corrected chi connectivity index (χ0v) is 17.5. The summed E-state index contributed by atoms with van der Waals surface area (Å²) in [4.78, 5) is 21.4. The molecular formula is C21H18N4O6S. The molecule has 3 aromatic carbocycles. The molecule has 0 aliphatic heterocycles. The molecule has 0 bridgehead atoms. The number of hydrogen-bond acceptors (Lipinski definition) is 7. The van der Waals surface area contributed by atoms with Gasteiger partial charge in [0.1, 0.15) is 4.90 Å². The highest BCUT2D eigenvalue weighted by Crippen LogP contribution is 2.29. The first-order chi connectivity index (χ1) is 15.2. The first-order valence-electron chi connectivity index (χ1n) is 9.17. The number of hydrogen-bond donors (Lipinski definition) is 3. The van der Waals surface area contributed by atoms with Crippen molar-refractivity contribution in [3.63, 3.8) is 0 Å². The third-order valence-corrected chi connectivity index (χ3v) is 5.85. The van der Waals surface area contributed by atoms with E-state index in [4.69, 9.17) is 0 Å². The number of carbonyl (C=O) groups is 1. The van der Waals surface area contributed by atoms with E-state index in [9.17, 15) is 28.4 Å². The van der Waals surface area contributed by atoms with Gasteiger partial charge in [0.25, 0.3) is 15.7 Å². The normalized spacial score (nSPS) is 11.3. The van der Waals surface area contributed by atoms with Gasteiger partial charge in [0, 0.05) is 12.1 Å². The molecule has 164 valence electrons. The van der Waals surface area contributed by atoms with Gasteiger partial charge in [-0.05, 0) is 36.2 Å². The zero-order chi connectivity index (χ0) is 23.3. The van der Waals surface area contributed by atoms with Gasteiger partial charge in [-0.3, -0.25) is 20.3 Å². The number of sulfonamides is 1. The van der Waals surface area contributed by atoms with Crippen molar-refractivity contribution in [1.82, 2.24) is 0 Å². The third-order valence-electron chi connectivity index (χ3n) is 4.44. The fourth-order valence-corrected chi connectivity index (χ4v) is 4.06. The van der Waals surface area contributed by atoms with Crippen molar-refractivity contribution in [3.8, 4) is 0 Å². The summed E-state index contributed by atoms with van der Waals surface area (Å²) < 4.78 is 28.3. The van der Waals surface area contributed by atoms with Gasteiger partial charge in [-0.25, -0.2) is 13.2 Å². The number of benzene rings is 3. The van der Waals surface area contributed by atoms with Crippen LogP contribution in [0.15, 0.2) is 76.7 Å². The van der Waals surface area contributed by atoms with Crippen LogP contribution in [-0.4, -0.2) is 30.6 Å². The molecule has 0 spiro atoms. The molecule has 0 amide bonds. The molecule has 0 radical (unpaired) electrons. The summed E-state index contributed by atoms with van der Waals surface area (Å²) in [6.45, 7) is 1.88. The number of para-hydroxylation sites is 1. The maximum atomic E-state index is 13.0. The van der Waals surface area contributed by atoms with E-state index < -0.39 is 31.5 Å². The van der Waals surface area contributed by atoms with Crippen molar-refractivity contribution in [1.29, 1.82) is 0 Å². The summed E-state index contributed by atoms with van der Waals surface area (Å²) in [5, 5.41) is 24.5. The lowest BCUT2D eigenvalue weighted by atomic mass is 10.1. The molecule has 3 aromatic rings. The van der Waals surface area contributed by atoms with Crippen LogP contribution in [0.2, 0.25) is 0 Å². The molecule has 0 atom stereocenters. The molecule has 32 heavy (non-hydrogen) atoms. The minimum Gasteiger partial charge on any atom is -0.478 e. The molecule has 0 saturated heterocycles. The number of nitro groups is 1. The summed E-state index contributed by atoms with van der Waals surface area (Å²) in [7, 11) is -4.41. The first kappa shape index (κ1) is 22.4. The highest BCUT2D eigenvalue weighted by molar-refractivity contribution is 7.93. The molecule has 0 unspecified atom stereocenters. The number of carboxylic acid groups (broad SMARTS) is 1. The number of carboxylic acids is 1. The number of nitrogens with one attached hydrogen (secondary N) is 2. The Labute approximate surface area is 183 Å². The Morgan fingerprint density at radius 2 is 1.75 bits per heavy atom. The SMILES string of the molecule is Cc1ccccc1/C=N/Nc1ccc([N+](=O)[O-])cc1S(=O)(=O)Nc1ccccc1C(=O)O. The molecule has 10 nitrogen and oxygen atoms in total. The summed E-state index contributed by atoms with van der Waals surface area (Å²) in [5.74, 6) is -1.33. The predicted molar refractivity (Wildman–Crippen MR) is 120 cm³/mol. The molecular weight excluding hydrogens is 436 g/mol. The van der Waals surface area contributed by atoms with Crippen LogP contribution >= 0.6 is 0 Å². The maximum absolute atomic E-state index is 13.0. The zero-order valence-electron chi connectivity index (χ0n) is 16.7. The fourth-order valence-electron chi connectivity index (χ4n) is 2.80. The average molecular weight is 454 g/mol. The second-order valence-electron chi connectivity index (χ2n) is 6.62. The number of hydrazone groups is 1. The van der Waals surface area contributed by atoms with E-state index in [0.717, 1.165) is 23.3 Å². The molecule has 3 N–H and O–H groups in total. The van der Waals surface area contributed by atoms with E-state index in [0.29, 0.717) is 0 Å². The predicted octanol–water partition coefficient (Wildman–Crippen LogP) is 3.85. The number of non-ortho nitro benzene ring substituents is 1. The van der Waals surface area contributed by atoms with Gasteiger partial charge in [0.15, 0.2) is 0 Å². The highest BCUT2D eigenvalue weighted by atomic mass is 32.2. The summed E-state index contributed by atoms with van der Waals surface area (Å²) in [6.07, 6.45) is 1.49. The molecule has 0 fully saturated rings. The van der Waals surface area contributed by atoms with Gasteiger partial charge in [-0.2, -0.15) is 5.10 Å². The van der Waals surface area contributed by atoms with Gasteiger partial charge in [0.2, 0.25) is 0 Å². The van der Waals surface area contributed by atoms with Gasteiger partial charge >= 0.3 is 5.97 Å². The first-order valence-corrected chi connectivity index (χ1v) is 10.7. The van der Waals surface area contributed by atoms with Crippen molar-refractivity contribution in [2.45, 2.75) is 11.8 Å². The number of aryl methyl sites for hydroxylation is 1. The van der Waals surface area contributed by atoms with Crippen molar-refractivity contribution in [2.75, 3.05) is 10.1 Å². The lowest BCUT2D eigenvalue weighted by Gasteiger charge is -2.13. The molecule has 3 rings (SSSR count). The molecule has 0 aromatic heterocycles. The van der Waals surface area contributed by atoms with Crippen molar-refractivity contribution >= 4 is 39.3 Å². The number of rotatable bonds is 8. The monoisotopic (exact) mass is 454 g/mol. The quantitative estimate of drug-likeness (QED) is 0.266. The second-order valence-corrected chi connectivity index (χ2v) is 8.27. The van der Waals surface area contributed by atoms with Crippen molar-refractivity contribution in [2.24, 2.45) is 5.10 Å². The fraction of sp³-hybridized carbons (Fsp3) is 0.0476. The van der Waals surface area contributed by atoms with E-state index in [1.807, 2.05) is 31.2 Å². The van der Waals surface area contributed by atoms with Crippen LogP contribution in [-0.2, 0) is 10.0 Å². The van der Waals surface area contributed by atoms with Crippen molar-refractivity contribution in [3.05, 3.63) is 93.5 Å². The van der Waals surface area contributed by atoms with Crippen LogP contribution in [0.5, 0.6) is 0 Å². The van der Waals surface area contributed by atoms with Crippen LogP contribution in [0.25, 0.3) is 0 Å². The number of nitro benzene ring substituents is 1. The smallest absolute Gasteiger partial charge is 0.337 e. The Morgan fingerprint density at radius 3 is 2.44 bits per heavy atom. The van der Waals surface area contributed by atoms with Crippen LogP contribution < -0.4 is 10.1 Å². The Kier molecular flexibility index (Phi) is 6.50. The number of aromatic carboxylic acids is 1. The van der Waals surface area contributed by atoms with E-state index in [-0.39, 0.29) is 16.9 Å². The number of nitrogens with zero attached hydrogens (tertiary/aromatic N) is 2. The van der Waals surface area contributed by atoms with Crippen LogP contribution in [0.4, 0.5) is 17.1 Å². The summed E-state index contributed by atoms with van der Waals surface area (Å²) in [6, 6.07) is 16.0. The van der Waals surface area contributed by atoms with E-state index in [1.54, 1.807) is 0 Å². The topological polar surface area (TPSA) is 151 Å². The molecule has 0 aliphatic carbocycles. The number of anilines is 2. The minimum absolute atomic E-state index is 0.0271. The lowest BCUT2D eigenvalue weighted by molar-refractivity contribution is -0.385. The summed E-state index contributed by atoms with van der Waals surface area (Å²) in [5.41, 5.74) is 3.40. The molecule has 0 heterocycles. The standard InChI is InChI=1S/C21H18N4O6S/c1-14-6-2-3-7-15(14)13-22-23-19-11-10-16(25(28)29)12-20(19)32(30,31)24-18-9-5-4-8-17(18)21(26)27/h2-13,23-24H,1H3,(H,26,27)/b22-13+. The average Bonchev–Trinajstić information content (AvgIpc) is 2.75. The Hall–Kier alpha value is -4.25. The van der Waals surface area contributed by atoms with Crippen LogP contribution in [0.3, 0.4) is 0 Å². The van der Waals surface area contributed by atoms with Crippen LogP contribution in [0.1, 0.15) is 21.5 Å². The molecule has 0 aliphatic rings. The van der Waals surface area contributed by atoms with Gasteiger partial charge < -0.3 is 5.11 Å². The van der Waals surface area contributed by atoms with Gasteiger partial charge in [-0.1, -0.05) is 36.4 Å². The summed E-state index contributed by atoms with van der Waals surface area (Å²) >= 11 is 0. The minimum atomic E-state index is -4.41. The lowest BCUT2D eigenvalue weighted by Crippen LogP contribution is -2.17. The van der Waals surface area contributed by atoms with Gasteiger partial charge in [-0.15, -0.1) is 0 Å². The van der Waals surface area contributed by atoms with Crippen LogP contribution in [0, 0.1) is 17.0 Å². The Balaban J connectivity index is 2.00. The van der Waals surface area contributed by atoms with E-state index in [1.165, 1.54) is 36.5 Å². The highest BCUT2D eigenvalue weighted by Gasteiger charge is 2.24. The van der Waals surface area contributed by atoms with Crippen molar-refractivity contribution < 1.29 is 23.2 Å². The van der Waals surface area contributed by atoms with E-state index >= 15 is 0 Å².